The summed E-state index contributed by atoms with van der Waals surface area (Å²) in [6.45, 7) is 0. The SMILES string of the molecule is O[SiH](O)CCC1CCCCC1. The van der Waals surface area contributed by atoms with Gasteiger partial charge in [-0.25, -0.2) is 0 Å². The summed E-state index contributed by atoms with van der Waals surface area (Å²) in [5.74, 6) is 0.804. The first-order valence-corrected chi connectivity index (χ1v) is 6.50. The van der Waals surface area contributed by atoms with Crippen molar-refractivity contribution in [3.05, 3.63) is 0 Å². The maximum atomic E-state index is 8.78. The molecule has 0 aliphatic heterocycles. The van der Waals surface area contributed by atoms with E-state index in [4.69, 9.17) is 9.59 Å². The van der Waals surface area contributed by atoms with Gasteiger partial charge >= 0.3 is 9.28 Å². The fraction of sp³-hybridized carbons (Fsp3) is 1.00. The maximum absolute atomic E-state index is 8.78. The van der Waals surface area contributed by atoms with Crippen LogP contribution >= 0.6 is 0 Å². The third-order valence-electron chi connectivity index (χ3n) is 2.56. The highest BCUT2D eigenvalue weighted by Crippen LogP contribution is 2.27. The number of hydrogen-bond donors (Lipinski definition) is 2. The van der Waals surface area contributed by atoms with E-state index in [1.54, 1.807) is 0 Å². The van der Waals surface area contributed by atoms with E-state index < -0.39 is 9.28 Å². The molecule has 1 saturated carbocycles. The second-order valence-electron chi connectivity index (χ2n) is 3.56. The van der Waals surface area contributed by atoms with E-state index in [1.807, 2.05) is 0 Å². The van der Waals surface area contributed by atoms with Crippen molar-refractivity contribution in [3.63, 3.8) is 0 Å². The van der Waals surface area contributed by atoms with Crippen LogP contribution in [0.3, 0.4) is 0 Å². The van der Waals surface area contributed by atoms with Crippen LogP contribution in [0.1, 0.15) is 38.5 Å². The van der Waals surface area contributed by atoms with Crippen LogP contribution in [0.25, 0.3) is 0 Å². The molecule has 0 amide bonds. The number of rotatable bonds is 3. The monoisotopic (exact) mass is 174 g/mol. The van der Waals surface area contributed by atoms with E-state index in [0.29, 0.717) is 6.04 Å². The van der Waals surface area contributed by atoms with Gasteiger partial charge in [0.1, 0.15) is 0 Å². The molecule has 0 spiro atoms. The lowest BCUT2D eigenvalue weighted by molar-refractivity contribution is 0.333. The van der Waals surface area contributed by atoms with E-state index in [1.165, 1.54) is 32.1 Å². The predicted molar refractivity (Wildman–Crippen MR) is 47.6 cm³/mol. The third-order valence-corrected chi connectivity index (χ3v) is 3.41. The first kappa shape index (κ1) is 9.23. The van der Waals surface area contributed by atoms with E-state index in [9.17, 15) is 0 Å². The summed E-state index contributed by atoms with van der Waals surface area (Å²) >= 11 is 0. The smallest absolute Gasteiger partial charge is 0.316 e. The van der Waals surface area contributed by atoms with Gasteiger partial charge in [0.2, 0.25) is 0 Å². The summed E-state index contributed by atoms with van der Waals surface area (Å²) in [6.07, 6.45) is 7.79. The summed E-state index contributed by atoms with van der Waals surface area (Å²) in [7, 11) is -2.24. The van der Waals surface area contributed by atoms with Crippen molar-refractivity contribution in [2.24, 2.45) is 5.92 Å². The van der Waals surface area contributed by atoms with Crippen LogP contribution in [0.4, 0.5) is 0 Å². The van der Waals surface area contributed by atoms with E-state index in [0.717, 1.165) is 12.3 Å². The normalized spacial score (nSPS) is 21.0. The minimum Gasteiger partial charge on any atom is -0.413 e. The van der Waals surface area contributed by atoms with Crippen molar-refractivity contribution in [1.82, 2.24) is 0 Å². The topological polar surface area (TPSA) is 40.5 Å². The average Bonchev–Trinajstić information content (AvgIpc) is 2.03. The minimum atomic E-state index is -2.24. The molecular weight excluding hydrogens is 156 g/mol. The molecule has 2 N–H and O–H groups in total. The van der Waals surface area contributed by atoms with Crippen LogP contribution in [0.15, 0.2) is 0 Å². The van der Waals surface area contributed by atoms with Crippen LogP contribution in [0, 0.1) is 5.92 Å². The highest BCUT2D eigenvalue weighted by molar-refractivity contribution is 6.40. The molecule has 1 aliphatic rings. The lowest BCUT2D eigenvalue weighted by Crippen LogP contribution is -2.14. The first-order valence-electron chi connectivity index (χ1n) is 4.65. The van der Waals surface area contributed by atoms with Crippen molar-refractivity contribution in [2.75, 3.05) is 0 Å². The van der Waals surface area contributed by atoms with Gasteiger partial charge in [-0.2, -0.15) is 0 Å². The second kappa shape index (κ2) is 4.90. The van der Waals surface area contributed by atoms with Crippen LogP contribution in [0.2, 0.25) is 6.04 Å². The summed E-state index contributed by atoms with van der Waals surface area (Å²) in [4.78, 5) is 17.6. The molecule has 0 heterocycles. The zero-order valence-electron chi connectivity index (χ0n) is 7.00. The third kappa shape index (κ3) is 3.89. The number of hydrogen-bond acceptors (Lipinski definition) is 2. The zero-order chi connectivity index (χ0) is 8.10. The Hall–Kier alpha value is 0.137. The Morgan fingerprint density at radius 1 is 1.09 bits per heavy atom. The molecule has 11 heavy (non-hydrogen) atoms. The van der Waals surface area contributed by atoms with Gasteiger partial charge in [0.15, 0.2) is 0 Å². The molecule has 1 fully saturated rings. The average molecular weight is 174 g/mol. The first-order chi connectivity index (χ1) is 5.29. The molecule has 1 aliphatic carbocycles. The lowest BCUT2D eigenvalue weighted by atomic mass is 9.88. The molecule has 0 saturated heterocycles. The molecule has 0 bridgehead atoms. The van der Waals surface area contributed by atoms with E-state index in [-0.39, 0.29) is 0 Å². The molecule has 0 atom stereocenters. The molecule has 0 unspecified atom stereocenters. The Balaban J connectivity index is 2.05. The molecule has 0 aromatic rings. The Kier molecular flexibility index (Phi) is 4.11. The molecule has 0 aromatic carbocycles. The largest absolute Gasteiger partial charge is 0.413 e. The van der Waals surface area contributed by atoms with Gasteiger partial charge in [0.25, 0.3) is 0 Å². The standard InChI is InChI=1S/C8H18O2Si/c9-11(10)7-6-8-4-2-1-3-5-8/h8-11H,1-7H2. The highest BCUT2D eigenvalue weighted by Gasteiger charge is 2.14. The summed E-state index contributed by atoms with van der Waals surface area (Å²) in [5, 5.41) is 0. The van der Waals surface area contributed by atoms with Crippen molar-refractivity contribution in [1.29, 1.82) is 0 Å². The van der Waals surface area contributed by atoms with Crippen LogP contribution < -0.4 is 0 Å². The molecule has 0 radical (unpaired) electrons. The molecule has 66 valence electrons. The maximum Gasteiger partial charge on any atom is 0.316 e. The Bertz CT molecular complexity index is 100. The quantitative estimate of drug-likeness (QED) is 0.630. The zero-order valence-corrected chi connectivity index (χ0v) is 8.15. The van der Waals surface area contributed by atoms with Crippen LogP contribution in [-0.2, 0) is 0 Å². The van der Waals surface area contributed by atoms with Gasteiger partial charge in [0.05, 0.1) is 0 Å². The molecule has 1 rings (SSSR count). The van der Waals surface area contributed by atoms with Gasteiger partial charge in [-0.3, -0.25) is 0 Å². The van der Waals surface area contributed by atoms with Crippen LogP contribution in [-0.4, -0.2) is 18.9 Å². The Morgan fingerprint density at radius 2 is 1.73 bits per heavy atom. The molecular formula is C8H18O2Si. The van der Waals surface area contributed by atoms with Crippen molar-refractivity contribution in [3.8, 4) is 0 Å². The Labute approximate surface area is 70.1 Å². The lowest BCUT2D eigenvalue weighted by Gasteiger charge is -2.21. The summed E-state index contributed by atoms with van der Waals surface area (Å²) < 4.78 is 0. The predicted octanol–water partition coefficient (Wildman–Crippen LogP) is 1.16. The van der Waals surface area contributed by atoms with Crippen molar-refractivity contribution >= 4 is 9.28 Å². The molecule has 3 heteroatoms. The van der Waals surface area contributed by atoms with Crippen LogP contribution in [0.5, 0.6) is 0 Å². The molecule has 2 nitrogen and oxygen atoms in total. The summed E-state index contributed by atoms with van der Waals surface area (Å²) in [6, 6.07) is 0.699. The fourth-order valence-corrected chi connectivity index (χ4v) is 2.63. The fourth-order valence-electron chi connectivity index (χ4n) is 1.86. The highest BCUT2D eigenvalue weighted by atomic mass is 28.3. The second-order valence-corrected chi connectivity index (χ2v) is 5.10. The Morgan fingerprint density at radius 3 is 2.27 bits per heavy atom. The van der Waals surface area contributed by atoms with Crippen molar-refractivity contribution in [2.45, 2.75) is 44.6 Å². The van der Waals surface area contributed by atoms with E-state index >= 15 is 0 Å². The van der Waals surface area contributed by atoms with Gasteiger partial charge in [-0.15, -0.1) is 0 Å². The van der Waals surface area contributed by atoms with Gasteiger partial charge in [-0.1, -0.05) is 32.1 Å². The molecule has 0 aromatic heterocycles. The van der Waals surface area contributed by atoms with E-state index in [2.05, 4.69) is 0 Å². The van der Waals surface area contributed by atoms with Gasteiger partial charge in [0, 0.05) is 0 Å². The summed E-state index contributed by atoms with van der Waals surface area (Å²) in [5.41, 5.74) is 0. The van der Waals surface area contributed by atoms with Gasteiger partial charge < -0.3 is 9.59 Å². The minimum absolute atomic E-state index is 0.699. The van der Waals surface area contributed by atoms with Gasteiger partial charge in [-0.05, 0) is 18.4 Å². The van der Waals surface area contributed by atoms with Crippen molar-refractivity contribution < 1.29 is 9.59 Å².